The minimum atomic E-state index is 0.149. The normalized spacial score (nSPS) is 22.6. The van der Waals surface area contributed by atoms with Gasteiger partial charge >= 0.3 is 0 Å². The lowest BCUT2D eigenvalue weighted by molar-refractivity contribution is 0.116. The first-order valence-electron chi connectivity index (χ1n) is 6.79. The van der Waals surface area contributed by atoms with Crippen molar-refractivity contribution in [3.63, 3.8) is 0 Å². The maximum Gasteiger partial charge on any atom is 0.0372 e. The predicted octanol–water partition coefficient (Wildman–Crippen LogP) is 2.93. The van der Waals surface area contributed by atoms with Gasteiger partial charge in [0, 0.05) is 28.9 Å². The number of fused-ring (bicyclic) bond motifs is 1. The number of aryl methyl sites for hydroxylation is 1. The van der Waals surface area contributed by atoms with E-state index in [0.29, 0.717) is 0 Å². The topological polar surface area (TPSA) is 29.3 Å². The van der Waals surface area contributed by atoms with Gasteiger partial charge in [-0.1, -0.05) is 22.0 Å². The Morgan fingerprint density at radius 3 is 2.89 bits per heavy atom. The van der Waals surface area contributed by atoms with E-state index in [1.807, 2.05) is 11.8 Å². The summed E-state index contributed by atoms with van der Waals surface area (Å²) in [6.45, 7) is 1.86. The lowest BCUT2D eigenvalue weighted by atomic mass is 9.77. The first kappa shape index (κ1) is 15.4. The van der Waals surface area contributed by atoms with Crippen molar-refractivity contribution >= 4 is 27.7 Å². The number of rotatable bonds is 5. The molecule has 1 unspecified atom stereocenters. The molecule has 1 aromatic rings. The largest absolute Gasteiger partial charge is 0.329 e. The maximum atomic E-state index is 6.14. The molecule has 0 aromatic heterocycles. The minimum absolute atomic E-state index is 0.149. The summed E-state index contributed by atoms with van der Waals surface area (Å²) in [5.41, 5.74) is 9.24. The maximum absolute atomic E-state index is 6.14. The van der Waals surface area contributed by atoms with Gasteiger partial charge in [0.15, 0.2) is 0 Å². The smallest absolute Gasteiger partial charge is 0.0372 e. The van der Waals surface area contributed by atoms with E-state index in [-0.39, 0.29) is 5.54 Å². The molecule has 2 rings (SSSR count). The lowest BCUT2D eigenvalue weighted by Crippen LogP contribution is -2.56. The highest BCUT2D eigenvalue weighted by molar-refractivity contribution is 9.10. The number of benzene rings is 1. The van der Waals surface area contributed by atoms with Crippen molar-refractivity contribution in [3.8, 4) is 0 Å². The molecular weight excluding hydrogens is 320 g/mol. The van der Waals surface area contributed by atoms with Crippen molar-refractivity contribution in [2.45, 2.75) is 24.8 Å². The summed E-state index contributed by atoms with van der Waals surface area (Å²) in [5, 5.41) is 0. The van der Waals surface area contributed by atoms with Gasteiger partial charge in [-0.3, -0.25) is 4.90 Å². The van der Waals surface area contributed by atoms with E-state index in [1.54, 1.807) is 0 Å². The van der Waals surface area contributed by atoms with Crippen LogP contribution in [0.3, 0.4) is 0 Å². The summed E-state index contributed by atoms with van der Waals surface area (Å²) in [6, 6.07) is 6.66. The summed E-state index contributed by atoms with van der Waals surface area (Å²) in [5.74, 6) is 1.17. The van der Waals surface area contributed by atoms with E-state index in [9.17, 15) is 0 Å². The number of halogens is 1. The number of likely N-dealkylation sites (N-methyl/N-ethyl adjacent to an activating group) is 1. The van der Waals surface area contributed by atoms with E-state index in [0.717, 1.165) is 32.4 Å². The molecule has 4 heteroatoms. The zero-order valence-electron chi connectivity index (χ0n) is 11.8. The van der Waals surface area contributed by atoms with Crippen LogP contribution in [0.25, 0.3) is 0 Å². The number of hydrogen-bond donors (Lipinski definition) is 1. The quantitative estimate of drug-likeness (QED) is 0.891. The molecule has 0 saturated heterocycles. The highest BCUT2D eigenvalue weighted by atomic mass is 79.9. The van der Waals surface area contributed by atoms with Crippen LogP contribution in [-0.2, 0) is 12.8 Å². The van der Waals surface area contributed by atoms with Crippen molar-refractivity contribution in [2.24, 2.45) is 5.73 Å². The fraction of sp³-hybridized carbons (Fsp3) is 0.600. The Morgan fingerprint density at radius 2 is 2.21 bits per heavy atom. The molecular formula is C15H23BrN2S. The zero-order chi connectivity index (χ0) is 13.9. The van der Waals surface area contributed by atoms with Gasteiger partial charge in [-0.2, -0.15) is 11.8 Å². The molecule has 0 amide bonds. The number of nitrogens with two attached hydrogens (primary N) is 1. The zero-order valence-corrected chi connectivity index (χ0v) is 14.2. The van der Waals surface area contributed by atoms with E-state index in [2.05, 4.69) is 52.3 Å². The summed E-state index contributed by atoms with van der Waals surface area (Å²) < 4.78 is 1.18. The van der Waals surface area contributed by atoms with Crippen LogP contribution in [-0.4, -0.2) is 42.6 Å². The third-order valence-electron chi connectivity index (χ3n) is 4.37. The van der Waals surface area contributed by atoms with Gasteiger partial charge in [-0.05, 0) is 55.8 Å². The number of thioether (sulfide) groups is 1. The highest BCUT2D eigenvalue weighted by Gasteiger charge is 2.36. The molecule has 0 aliphatic heterocycles. The molecule has 1 aliphatic rings. The van der Waals surface area contributed by atoms with Crippen molar-refractivity contribution < 1.29 is 0 Å². The monoisotopic (exact) mass is 342 g/mol. The summed E-state index contributed by atoms with van der Waals surface area (Å²) in [7, 11) is 2.23. The fourth-order valence-electron chi connectivity index (χ4n) is 2.93. The van der Waals surface area contributed by atoms with Crippen molar-refractivity contribution in [2.75, 3.05) is 32.1 Å². The van der Waals surface area contributed by atoms with Crippen LogP contribution in [0.1, 0.15) is 17.5 Å². The Balaban J connectivity index is 2.18. The first-order valence-corrected chi connectivity index (χ1v) is 8.97. The van der Waals surface area contributed by atoms with E-state index < -0.39 is 0 Å². The Hall–Kier alpha value is -0.0300. The minimum Gasteiger partial charge on any atom is -0.329 e. The SMILES string of the molecule is CSCCN(C)C1(CN)CCc2cc(Br)ccc2C1. The second kappa shape index (κ2) is 6.61. The lowest BCUT2D eigenvalue weighted by Gasteiger charge is -2.44. The number of nitrogens with zero attached hydrogens (tertiary/aromatic N) is 1. The van der Waals surface area contributed by atoms with Crippen LogP contribution in [0.5, 0.6) is 0 Å². The molecule has 2 N–H and O–H groups in total. The summed E-state index contributed by atoms with van der Waals surface area (Å²) >= 11 is 5.46. The van der Waals surface area contributed by atoms with Gasteiger partial charge in [0.05, 0.1) is 0 Å². The molecule has 0 saturated carbocycles. The van der Waals surface area contributed by atoms with Gasteiger partial charge in [-0.25, -0.2) is 0 Å². The Labute approximate surface area is 129 Å². The molecule has 0 fully saturated rings. The third kappa shape index (κ3) is 3.35. The second-order valence-electron chi connectivity index (χ2n) is 5.43. The molecule has 2 nitrogen and oxygen atoms in total. The van der Waals surface area contributed by atoms with Crippen LogP contribution in [0.2, 0.25) is 0 Å². The van der Waals surface area contributed by atoms with Crippen molar-refractivity contribution in [3.05, 3.63) is 33.8 Å². The third-order valence-corrected chi connectivity index (χ3v) is 5.45. The van der Waals surface area contributed by atoms with E-state index >= 15 is 0 Å². The van der Waals surface area contributed by atoms with Crippen molar-refractivity contribution in [1.82, 2.24) is 4.90 Å². The average Bonchev–Trinajstić information content (AvgIpc) is 2.44. The summed E-state index contributed by atoms with van der Waals surface area (Å²) in [6.07, 6.45) is 5.54. The van der Waals surface area contributed by atoms with Gasteiger partial charge < -0.3 is 5.73 Å². The van der Waals surface area contributed by atoms with Crippen molar-refractivity contribution in [1.29, 1.82) is 0 Å². The van der Waals surface area contributed by atoms with Gasteiger partial charge in [0.2, 0.25) is 0 Å². The molecule has 1 aliphatic carbocycles. The first-order chi connectivity index (χ1) is 9.11. The standard InChI is InChI=1S/C15H23BrN2S/c1-18(7-8-19-2)15(11-17)6-5-12-9-14(16)4-3-13(12)10-15/h3-4,9H,5-8,10-11,17H2,1-2H3. The molecule has 0 bridgehead atoms. The van der Waals surface area contributed by atoms with Gasteiger partial charge in [-0.15, -0.1) is 0 Å². The van der Waals surface area contributed by atoms with Crippen LogP contribution >= 0.6 is 27.7 Å². The molecule has 0 heterocycles. The second-order valence-corrected chi connectivity index (χ2v) is 7.33. The molecule has 1 aromatic carbocycles. The Morgan fingerprint density at radius 1 is 1.42 bits per heavy atom. The summed E-state index contributed by atoms with van der Waals surface area (Å²) in [4.78, 5) is 2.48. The van der Waals surface area contributed by atoms with Crippen LogP contribution in [0.4, 0.5) is 0 Å². The Kier molecular flexibility index (Phi) is 5.35. The van der Waals surface area contributed by atoms with Gasteiger partial charge in [0.1, 0.15) is 0 Å². The fourth-order valence-corrected chi connectivity index (χ4v) is 3.80. The molecule has 106 valence electrons. The van der Waals surface area contributed by atoms with Crippen LogP contribution < -0.4 is 5.73 Å². The predicted molar refractivity (Wildman–Crippen MR) is 89.0 cm³/mol. The van der Waals surface area contributed by atoms with Crippen LogP contribution in [0, 0.1) is 0 Å². The molecule has 19 heavy (non-hydrogen) atoms. The van der Waals surface area contributed by atoms with Gasteiger partial charge in [0.25, 0.3) is 0 Å². The Bertz CT molecular complexity index is 438. The number of hydrogen-bond acceptors (Lipinski definition) is 3. The average molecular weight is 343 g/mol. The highest BCUT2D eigenvalue weighted by Crippen LogP contribution is 2.33. The van der Waals surface area contributed by atoms with E-state index in [1.165, 1.54) is 21.4 Å². The molecule has 0 spiro atoms. The van der Waals surface area contributed by atoms with Crippen LogP contribution in [0.15, 0.2) is 22.7 Å². The molecule has 1 atom stereocenters. The molecule has 0 radical (unpaired) electrons. The van der Waals surface area contributed by atoms with E-state index in [4.69, 9.17) is 5.73 Å².